The van der Waals surface area contributed by atoms with E-state index in [0.29, 0.717) is 0 Å². The van der Waals surface area contributed by atoms with Gasteiger partial charge in [0, 0.05) is 28.0 Å². The SMILES string of the molecule is Brc1ccc2c(c1)c1ccccc1n2-c1cc(C2=CC=CCN2)nc(-c2ccccn2)c1. The Morgan fingerprint density at radius 1 is 0.812 bits per heavy atom. The van der Waals surface area contributed by atoms with E-state index in [1.807, 2.05) is 24.4 Å². The molecular weight excluding hydrogens is 460 g/mol. The number of nitrogens with zero attached hydrogens (tertiary/aromatic N) is 3. The third-order valence-electron chi connectivity index (χ3n) is 5.72. The summed E-state index contributed by atoms with van der Waals surface area (Å²) in [4.78, 5) is 9.53. The van der Waals surface area contributed by atoms with Crippen molar-refractivity contribution in [1.29, 1.82) is 0 Å². The van der Waals surface area contributed by atoms with Gasteiger partial charge in [0.1, 0.15) is 0 Å². The molecule has 0 fully saturated rings. The van der Waals surface area contributed by atoms with Gasteiger partial charge in [-0.25, -0.2) is 4.98 Å². The molecule has 0 aliphatic carbocycles. The van der Waals surface area contributed by atoms with Crippen molar-refractivity contribution in [3.8, 4) is 17.1 Å². The summed E-state index contributed by atoms with van der Waals surface area (Å²) < 4.78 is 3.38. The molecule has 0 radical (unpaired) electrons. The largest absolute Gasteiger partial charge is 0.380 e. The van der Waals surface area contributed by atoms with E-state index in [0.717, 1.165) is 50.5 Å². The van der Waals surface area contributed by atoms with Gasteiger partial charge in [0.05, 0.1) is 39.5 Å². The number of aromatic nitrogens is 3. The first-order chi connectivity index (χ1) is 15.8. The number of fused-ring (bicyclic) bond motifs is 3. The fourth-order valence-corrected chi connectivity index (χ4v) is 4.65. The minimum atomic E-state index is 0.792. The summed E-state index contributed by atoms with van der Waals surface area (Å²) in [5.41, 5.74) is 6.98. The first-order valence-electron chi connectivity index (χ1n) is 10.5. The molecule has 0 bridgehead atoms. The zero-order valence-electron chi connectivity index (χ0n) is 17.2. The Bertz CT molecular complexity index is 1530. The first-order valence-corrected chi connectivity index (χ1v) is 11.3. The average Bonchev–Trinajstić information content (AvgIpc) is 3.18. The van der Waals surface area contributed by atoms with Gasteiger partial charge in [-0.15, -0.1) is 0 Å². The monoisotopic (exact) mass is 478 g/mol. The van der Waals surface area contributed by atoms with Crippen molar-refractivity contribution in [2.45, 2.75) is 0 Å². The maximum Gasteiger partial charge on any atom is 0.0915 e. The lowest BCUT2D eigenvalue weighted by Crippen LogP contribution is -2.16. The van der Waals surface area contributed by atoms with Gasteiger partial charge in [-0.3, -0.25) is 4.98 Å². The molecule has 3 aromatic heterocycles. The summed E-state index contributed by atoms with van der Waals surface area (Å²) in [5.74, 6) is 0. The summed E-state index contributed by atoms with van der Waals surface area (Å²) in [7, 11) is 0. The van der Waals surface area contributed by atoms with Gasteiger partial charge in [0.25, 0.3) is 0 Å². The zero-order valence-corrected chi connectivity index (χ0v) is 18.8. The fourth-order valence-electron chi connectivity index (χ4n) is 4.29. The van der Waals surface area contributed by atoms with Gasteiger partial charge in [0.2, 0.25) is 0 Å². The Labute approximate surface area is 194 Å². The van der Waals surface area contributed by atoms with Gasteiger partial charge in [-0.2, -0.15) is 0 Å². The summed E-state index contributed by atoms with van der Waals surface area (Å²) in [6.45, 7) is 0.792. The van der Waals surface area contributed by atoms with Crippen LogP contribution in [0.15, 0.2) is 102 Å². The number of rotatable bonds is 3. The number of pyridine rings is 2. The van der Waals surface area contributed by atoms with Crippen LogP contribution in [0.2, 0.25) is 0 Å². The van der Waals surface area contributed by atoms with Gasteiger partial charge >= 0.3 is 0 Å². The van der Waals surface area contributed by atoms with E-state index in [1.54, 1.807) is 0 Å². The molecule has 1 aliphatic rings. The number of benzene rings is 2. The van der Waals surface area contributed by atoms with Crippen LogP contribution < -0.4 is 5.32 Å². The van der Waals surface area contributed by atoms with Crippen LogP contribution in [0.3, 0.4) is 0 Å². The van der Waals surface area contributed by atoms with Gasteiger partial charge < -0.3 is 9.88 Å². The Morgan fingerprint density at radius 2 is 1.66 bits per heavy atom. The topological polar surface area (TPSA) is 42.7 Å². The lowest BCUT2D eigenvalue weighted by Gasteiger charge is -2.16. The standard InChI is InChI=1S/C27H19BrN4/c28-18-11-12-27-21(15-18)20-7-1-2-10-26(20)32(27)19-16-24(22-8-3-5-13-29-22)31-25(17-19)23-9-4-6-14-30-23/h1-13,15-17,30H,14H2. The van der Waals surface area contributed by atoms with Crippen molar-refractivity contribution in [2.24, 2.45) is 0 Å². The average molecular weight is 479 g/mol. The predicted molar refractivity (Wildman–Crippen MR) is 135 cm³/mol. The van der Waals surface area contributed by atoms with E-state index >= 15 is 0 Å². The molecule has 154 valence electrons. The summed E-state index contributed by atoms with van der Waals surface area (Å²) in [5, 5.41) is 5.88. The third kappa shape index (κ3) is 3.22. The van der Waals surface area contributed by atoms with Crippen LogP contribution in [-0.4, -0.2) is 21.1 Å². The second kappa shape index (κ2) is 7.77. The van der Waals surface area contributed by atoms with Crippen LogP contribution in [-0.2, 0) is 0 Å². The summed E-state index contributed by atoms with van der Waals surface area (Å²) >= 11 is 3.64. The van der Waals surface area contributed by atoms with E-state index in [4.69, 9.17) is 4.98 Å². The van der Waals surface area contributed by atoms with Crippen LogP contribution >= 0.6 is 15.9 Å². The molecule has 0 saturated heterocycles. The number of hydrogen-bond acceptors (Lipinski definition) is 3. The van der Waals surface area contributed by atoms with Crippen LogP contribution in [0.4, 0.5) is 0 Å². The number of nitrogens with one attached hydrogen (secondary N) is 1. The molecule has 5 heteroatoms. The fraction of sp³-hybridized carbons (Fsp3) is 0.0370. The summed E-state index contributed by atoms with van der Waals surface area (Å²) in [6.07, 6.45) is 8.04. The van der Waals surface area contributed by atoms with Crippen LogP contribution in [0.25, 0.3) is 44.6 Å². The van der Waals surface area contributed by atoms with E-state index in [2.05, 4.69) is 104 Å². The highest BCUT2D eigenvalue weighted by atomic mass is 79.9. The highest BCUT2D eigenvalue weighted by Crippen LogP contribution is 2.35. The molecule has 1 aliphatic heterocycles. The molecule has 0 saturated carbocycles. The highest BCUT2D eigenvalue weighted by molar-refractivity contribution is 9.10. The van der Waals surface area contributed by atoms with E-state index in [9.17, 15) is 0 Å². The maximum absolute atomic E-state index is 4.96. The highest BCUT2D eigenvalue weighted by Gasteiger charge is 2.16. The first kappa shape index (κ1) is 19.0. The van der Waals surface area contributed by atoms with Crippen LogP contribution in [0.5, 0.6) is 0 Å². The number of dihydropyridines is 1. The molecule has 2 aromatic carbocycles. The predicted octanol–water partition coefficient (Wildman–Crippen LogP) is 6.50. The minimum absolute atomic E-state index is 0.792. The van der Waals surface area contributed by atoms with Gasteiger partial charge in [-0.05, 0) is 54.6 Å². The maximum atomic E-state index is 4.96. The van der Waals surface area contributed by atoms with Crippen LogP contribution in [0, 0.1) is 0 Å². The molecule has 4 heterocycles. The number of hydrogen-bond donors (Lipinski definition) is 1. The van der Waals surface area contributed by atoms with Crippen LogP contribution in [0.1, 0.15) is 5.69 Å². The van der Waals surface area contributed by atoms with Crippen molar-refractivity contribution < 1.29 is 0 Å². The Morgan fingerprint density at radius 3 is 2.50 bits per heavy atom. The molecule has 0 spiro atoms. The van der Waals surface area contributed by atoms with Crippen molar-refractivity contribution in [3.05, 3.63) is 107 Å². The van der Waals surface area contributed by atoms with E-state index < -0.39 is 0 Å². The number of para-hydroxylation sites is 1. The molecule has 1 N–H and O–H groups in total. The number of allylic oxidation sites excluding steroid dienone is 2. The van der Waals surface area contributed by atoms with Gasteiger partial charge in [0.15, 0.2) is 0 Å². The Hall–Kier alpha value is -3.70. The quantitative estimate of drug-likeness (QED) is 0.321. The normalized spacial score (nSPS) is 13.3. The van der Waals surface area contributed by atoms with Gasteiger partial charge in [-0.1, -0.05) is 52.3 Å². The Balaban J connectivity index is 1.67. The zero-order chi connectivity index (χ0) is 21.5. The minimum Gasteiger partial charge on any atom is -0.380 e. The van der Waals surface area contributed by atoms with Crippen molar-refractivity contribution in [1.82, 2.24) is 19.9 Å². The molecule has 0 amide bonds. The molecule has 0 unspecified atom stereocenters. The molecule has 0 atom stereocenters. The second-order valence-electron chi connectivity index (χ2n) is 7.71. The van der Waals surface area contributed by atoms with E-state index in [-0.39, 0.29) is 0 Å². The van der Waals surface area contributed by atoms with Crippen molar-refractivity contribution in [2.75, 3.05) is 6.54 Å². The molecule has 4 nitrogen and oxygen atoms in total. The Kier molecular flexibility index (Phi) is 4.62. The lowest BCUT2D eigenvalue weighted by atomic mass is 10.1. The second-order valence-corrected chi connectivity index (χ2v) is 8.63. The molecule has 6 rings (SSSR count). The molecular formula is C27H19BrN4. The van der Waals surface area contributed by atoms with E-state index in [1.165, 1.54) is 10.8 Å². The number of halogens is 1. The van der Waals surface area contributed by atoms with Crippen molar-refractivity contribution in [3.63, 3.8) is 0 Å². The lowest BCUT2D eigenvalue weighted by molar-refractivity contribution is 0.978. The molecule has 32 heavy (non-hydrogen) atoms. The van der Waals surface area contributed by atoms with Crippen molar-refractivity contribution >= 4 is 43.4 Å². The smallest absolute Gasteiger partial charge is 0.0915 e. The third-order valence-corrected chi connectivity index (χ3v) is 6.21. The summed E-state index contributed by atoms with van der Waals surface area (Å²) in [6, 6.07) is 25.2. The molecule has 5 aromatic rings.